The maximum Gasteiger partial charge on any atom is 0.208 e. The van der Waals surface area contributed by atoms with Crippen molar-refractivity contribution in [1.29, 1.82) is 0 Å². The molecule has 0 saturated heterocycles. The molecule has 1 rings (SSSR count). The van der Waals surface area contributed by atoms with E-state index in [1.54, 1.807) is 0 Å². The molecule has 7 nitrogen and oxygen atoms in total. The zero-order valence-corrected chi connectivity index (χ0v) is 14.0. The largest absolute Gasteiger partial charge is 0.369 e. The molecule has 0 saturated carbocycles. The molecule has 0 spiro atoms. The fourth-order valence-corrected chi connectivity index (χ4v) is 2.41. The second-order valence-corrected chi connectivity index (χ2v) is 6.88. The van der Waals surface area contributed by atoms with E-state index in [9.17, 15) is 8.42 Å². The van der Waals surface area contributed by atoms with E-state index in [1.807, 2.05) is 0 Å². The molecule has 1 aromatic heterocycles. The quantitative estimate of drug-likeness (QED) is 0.572. The van der Waals surface area contributed by atoms with Crippen LogP contribution in [0.3, 0.4) is 0 Å². The Morgan fingerprint density at radius 2 is 1.75 bits per heavy atom. The summed E-state index contributed by atoms with van der Waals surface area (Å²) in [5.41, 5.74) is 0. The summed E-state index contributed by atoms with van der Waals surface area (Å²) in [6.07, 6.45) is 4.31. The van der Waals surface area contributed by atoms with Gasteiger partial charge in [-0.25, -0.2) is 23.1 Å². The van der Waals surface area contributed by atoms with Gasteiger partial charge in [-0.15, -0.1) is 0 Å². The molecule has 3 N–H and O–H groups in total. The van der Waals surface area contributed by atoms with Gasteiger partial charge in [-0.05, 0) is 28.8 Å². The summed E-state index contributed by atoms with van der Waals surface area (Å²) in [7, 11) is -3.12. The van der Waals surface area contributed by atoms with Crippen molar-refractivity contribution >= 4 is 37.6 Å². The Hall–Kier alpha value is -0.930. The van der Waals surface area contributed by atoms with Crippen molar-refractivity contribution in [1.82, 2.24) is 14.7 Å². The summed E-state index contributed by atoms with van der Waals surface area (Å²) in [5.74, 6) is 1.44. The minimum absolute atomic E-state index is 0.398. The van der Waals surface area contributed by atoms with Crippen LogP contribution >= 0.6 is 15.9 Å². The molecular formula is C11H20BrN5O2S. The summed E-state index contributed by atoms with van der Waals surface area (Å²) >= 11 is 3.45. The molecule has 114 valence electrons. The normalized spacial score (nSPS) is 11.3. The number of rotatable bonds is 9. The fraction of sp³-hybridized carbons (Fsp3) is 0.636. The van der Waals surface area contributed by atoms with Crippen LogP contribution in [-0.4, -0.2) is 44.3 Å². The van der Waals surface area contributed by atoms with Gasteiger partial charge in [0.1, 0.15) is 22.4 Å². The van der Waals surface area contributed by atoms with E-state index >= 15 is 0 Å². The van der Waals surface area contributed by atoms with E-state index in [4.69, 9.17) is 0 Å². The molecule has 9 heteroatoms. The van der Waals surface area contributed by atoms with E-state index < -0.39 is 10.0 Å². The van der Waals surface area contributed by atoms with Crippen molar-refractivity contribution in [2.75, 3.05) is 36.5 Å². The van der Waals surface area contributed by atoms with Gasteiger partial charge in [-0.1, -0.05) is 6.92 Å². The van der Waals surface area contributed by atoms with Crippen molar-refractivity contribution in [2.45, 2.75) is 19.8 Å². The average molecular weight is 366 g/mol. The Balaban J connectivity index is 2.44. The molecule has 0 atom stereocenters. The first-order chi connectivity index (χ1) is 9.44. The van der Waals surface area contributed by atoms with Gasteiger partial charge in [-0.3, -0.25) is 0 Å². The van der Waals surface area contributed by atoms with Crippen molar-refractivity contribution < 1.29 is 8.42 Å². The monoisotopic (exact) mass is 365 g/mol. The number of sulfonamides is 1. The summed E-state index contributed by atoms with van der Waals surface area (Å²) in [4.78, 5) is 8.30. The topological polar surface area (TPSA) is 96.0 Å². The van der Waals surface area contributed by atoms with E-state index in [0.717, 1.165) is 29.5 Å². The molecule has 1 heterocycles. The lowest BCUT2D eigenvalue weighted by molar-refractivity contribution is 0.586. The predicted molar refractivity (Wildman–Crippen MR) is 84.5 cm³/mol. The lowest BCUT2D eigenvalue weighted by atomic mass is 10.4. The molecule has 0 aliphatic heterocycles. The zero-order valence-electron chi connectivity index (χ0n) is 11.6. The van der Waals surface area contributed by atoms with Crippen LogP contribution in [0.25, 0.3) is 0 Å². The number of hydrogen-bond acceptors (Lipinski definition) is 6. The van der Waals surface area contributed by atoms with Gasteiger partial charge < -0.3 is 10.6 Å². The van der Waals surface area contributed by atoms with Gasteiger partial charge in [0.2, 0.25) is 10.0 Å². The molecular weight excluding hydrogens is 346 g/mol. The van der Waals surface area contributed by atoms with Crippen LogP contribution in [0, 0.1) is 0 Å². The summed E-state index contributed by atoms with van der Waals surface area (Å²) in [6.45, 7) is 3.93. The molecule has 0 amide bonds. The Labute approximate surface area is 128 Å². The highest BCUT2D eigenvalue weighted by molar-refractivity contribution is 9.10. The van der Waals surface area contributed by atoms with Crippen LogP contribution in [0.5, 0.6) is 0 Å². The van der Waals surface area contributed by atoms with Crippen molar-refractivity contribution in [3.8, 4) is 0 Å². The minimum Gasteiger partial charge on any atom is -0.369 e. The van der Waals surface area contributed by atoms with Gasteiger partial charge >= 0.3 is 0 Å². The van der Waals surface area contributed by atoms with Gasteiger partial charge in [0.05, 0.1) is 6.26 Å². The Morgan fingerprint density at radius 3 is 2.30 bits per heavy atom. The second-order valence-electron chi connectivity index (χ2n) is 4.26. The van der Waals surface area contributed by atoms with Crippen LogP contribution in [0.1, 0.15) is 19.8 Å². The SMILES string of the molecule is CCCNc1ncnc(NCCCNS(C)(=O)=O)c1Br. The van der Waals surface area contributed by atoms with Crippen molar-refractivity contribution in [2.24, 2.45) is 0 Å². The molecule has 0 aliphatic rings. The first-order valence-corrected chi connectivity index (χ1v) is 9.05. The summed E-state index contributed by atoms with van der Waals surface area (Å²) < 4.78 is 25.0. The highest BCUT2D eigenvalue weighted by Crippen LogP contribution is 2.26. The molecule has 0 fully saturated rings. The van der Waals surface area contributed by atoms with Crippen LogP contribution in [0.4, 0.5) is 11.6 Å². The first-order valence-electron chi connectivity index (χ1n) is 6.37. The second kappa shape index (κ2) is 8.38. The maximum absolute atomic E-state index is 10.9. The van der Waals surface area contributed by atoms with Crippen LogP contribution in [-0.2, 0) is 10.0 Å². The summed E-state index contributed by atoms with van der Waals surface area (Å²) in [5, 5.41) is 6.34. The molecule has 0 radical (unpaired) electrons. The number of nitrogens with one attached hydrogen (secondary N) is 3. The Bertz CT molecular complexity index is 524. The van der Waals surface area contributed by atoms with Crippen molar-refractivity contribution in [3.05, 3.63) is 10.8 Å². The highest BCUT2D eigenvalue weighted by Gasteiger charge is 2.07. The average Bonchev–Trinajstić information content (AvgIpc) is 2.37. The van der Waals surface area contributed by atoms with E-state index in [1.165, 1.54) is 6.33 Å². The van der Waals surface area contributed by atoms with E-state index in [0.29, 0.717) is 25.3 Å². The highest BCUT2D eigenvalue weighted by atomic mass is 79.9. The number of anilines is 2. The lowest BCUT2D eigenvalue weighted by Gasteiger charge is -2.11. The van der Waals surface area contributed by atoms with Crippen LogP contribution in [0.15, 0.2) is 10.8 Å². The first kappa shape index (κ1) is 17.1. The molecule has 0 aliphatic carbocycles. The molecule has 1 aromatic rings. The third-order valence-corrected chi connectivity index (χ3v) is 3.82. The predicted octanol–water partition coefficient (Wildman–Crippen LogP) is 1.41. The van der Waals surface area contributed by atoms with E-state index in [-0.39, 0.29) is 0 Å². The van der Waals surface area contributed by atoms with Gasteiger partial charge in [-0.2, -0.15) is 0 Å². The van der Waals surface area contributed by atoms with Gasteiger partial charge in [0, 0.05) is 19.6 Å². The Morgan fingerprint density at radius 1 is 1.15 bits per heavy atom. The number of aromatic nitrogens is 2. The third kappa shape index (κ3) is 6.49. The van der Waals surface area contributed by atoms with Crippen molar-refractivity contribution in [3.63, 3.8) is 0 Å². The molecule has 0 bridgehead atoms. The summed E-state index contributed by atoms with van der Waals surface area (Å²) in [6, 6.07) is 0. The van der Waals surface area contributed by atoms with Gasteiger partial charge in [0.25, 0.3) is 0 Å². The molecule has 0 unspecified atom stereocenters. The maximum atomic E-state index is 10.9. The number of hydrogen-bond donors (Lipinski definition) is 3. The number of nitrogens with zero attached hydrogens (tertiary/aromatic N) is 2. The third-order valence-electron chi connectivity index (χ3n) is 2.34. The smallest absolute Gasteiger partial charge is 0.208 e. The lowest BCUT2D eigenvalue weighted by Crippen LogP contribution is -2.24. The van der Waals surface area contributed by atoms with E-state index in [2.05, 4.69) is 48.2 Å². The molecule has 20 heavy (non-hydrogen) atoms. The fourth-order valence-electron chi connectivity index (χ4n) is 1.41. The Kier molecular flexibility index (Phi) is 7.17. The zero-order chi connectivity index (χ0) is 15.0. The standard InChI is InChI=1S/C11H20BrN5O2S/c1-3-5-13-10-9(12)11(16-8-15-10)14-6-4-7-17-20(2,18)19/h8,17H,3-7H2,1-2H3,(H2,13,14,15,16). The van der Waals surface area contributed by atoms with Crippen LogP contribution in [0.2, 0.25) is 0 Å². The number of halogens is 1. The minimum atomic E-state index is -3.12. The van der Waals surface area contributed by atoms with Gasteiger partial charge in [0.15, 0.2) is 0 Å². The molecule has 0 aromatic carbocycles. The van der Waals surface area contributed by atoms with Crippen LogP contribution < -0.4 is 15.4 Å².